The van der Waals surface area contributed by atoms with Gasteiger partial charge in [0.15, 0.2) is 0 Å². The summed E-state index contributed by atoms with van der Waals surface area (Å²) in [5, 5.41) is 0. The molecule has 0 rings (SSSR count). The van der Waals surface area contributed by atoms with E-state index < -0.39 is 21.0 Å². The van der Waals surface area contributed by atoms with Gasteiger partial charge >= 0.3 is 14.2 Å². The number of hydrogen-bond donors (Lipinski definition) is 1. The monoisotopic (exact) mass is 165 g/mol. The molecule has 10 heavy (non-hydrogen) atoms. The Labute approximate surface area is 58.2 Å². The highest BCUT2D eigenvalue weighted by atomic mass is 31.1. The highest BCUT2D eigenvalue weighted by Gasteiger charge is 2.11. The van der Waals surface area contributed by atoms with Crippen molar-refractivity contribution in [3.8, 4) is 0 Å². The number of rotatable bonds is 4. The third-order valence-electron chi connectivity index (χ3n) is 0.531. The highest BCUT2D eigenvalue weighted by molar-refractivity contribution is 7.32. The quantitative estimate of drug-likeness (QED) is 0.281. The van der Waals surface area contributed by atoms with E-state index in [-0.39, 0.29) is 0 Å². The van der Waals surface area contributed by atoms with Gasteiger partial charge in [-0.05, 0) is 0 Å². The zero-order valence-electron chi connectivity index (χ0n) is 5.02. The number of ether oxygens (including phenoxy) is 1. The van der Waals surface area contributed by atoms with Gasteiger partial charge in [-0.15, -0.1) is 4.89 Å². The Balaban J connectivity index is 3.28. The lowest BCUT2D eigenvalue weighted by Gasteiger charge is -1.91. The minimum absolute atomic E-state index is 0.531. The molecule has 56 valence electrons. The van der Waals surface area contributed by atoms with E-state index in [1.54, 1.807) is 0 Å². The van der Waals surface area contributed by atoms with Gasteiger partial charge in [0.2, 0.25) is 6.79 Å². The summed E-state index contributed by atoms with van der Waals surface area (Å²) in [6.07, 6.45) is 0.924. The number of carbonyl (C=O) groups excluding carboxylic acids is 1. The largest absolute Gasteiger partial charge is 0.698 e. The second-order valence-electron chi connectivity index (χ2n) is 1.15. The molecular formula is C4H6O5P+. The first-order valence-electron chi connectivity index (χ1n) is 2.25. The van der Waals surface area contributed by atoms with E-state index in [2.05, 4.69) is 15.8 Å². The van der Waals surface area contributed by atoms with E-state index in [4.69, 9.17) is 4.89 Å². The minimum atomic E-state index is -2.70. The molecule has 0 amide bonds. The maximum absolute atomic E-state index is 10.2. The molecule has 1 atom stereocenters. The highest BCUT2D eigenvalue weighted by Crippen LogP contribution is 2.13. The fourth-order valence-corrected chi connectivity index (χ4v) is 0.331. The first-order valence-corrected chi connectivity index (χ1v) is 3.38. The smallest absolute Gasteiger partial charge is 0.430 e. The molecule has 0 aliphatic heterocycles. The van der Waals surface area contributed by atoms with Crippen LogP contribution in [0.2, 0.25) is 0 Å². The fraction of sp³-hybridized carbons (Fsp3) is 0.250. The van der Waals surface area contributed by atoms with Gasteiger partial charge in [-0.2, -0.15) is 0 Å². The third-order valence-corrected chi connectivity index (χ3v) is 0.857. The first-order chi connectivity index (χ1) is 4.66. The summed E-state index contributed by atoms with van der Waals surface area (Å²) in [5.74, 6) is -0.697. The van der Waals surface area contributed by atoms with Gasteiger partial charge in [0.25, 0.3) is 0 Å². The molecule has 0 spiro atoms. The zero-order chi connectivity index (χ0) is 7.98. The Hall–Kier alpha value is -0.770. The lowest BCUT2D eigenvalue weighted by molar-refractivity contribution is -0.144. The van der Waals surface area contributed by atoms with Crippen molar-refractivity contribution in [1.29, 1.82) is 0 Å². The van der Waals surface area contributed by atoms with Crippen LogP contribution >= 0.6 is 8.25 Å². The second kappa shape index (κ2) is 5.05. The predicted octanol–water partition coefficient (Wildman–Crippen LogP) is 0.339. The molecule has 1 unspecified atom stereocenters. The van der Waals surface area contributed by atoms with Gasteiger partial charge in [0.05, 0.1) is 0 Å². The summed E-state index contributed by atoms with van der Waals surface area (Å²) >= 11 is 0. The van der Waals surface area contributed by atoms with Gasteiger partial charge in [0.1, 0.15) is 0 Å². The SMILES string of the molecule is C=CC(=O)OCO[P+](=O)O. The average molecular weight is 165 g/mol. The molecule has 0 radical (unpaired) electrons. The first kappa shape index (κ1) is 9.23. The van der Waals surface area contributed by atoms with E-state index in [1.807, 2.05) is 0 Å². The van der Waals surface area contributed by atoms with Crippen LogP contribution in [0.15, 0.2) is 12.7 Å². The van der Waals surface area contributed by atoms with E-state index in [0.717, 1.165) is 6.08 Å². The fourth-order valence-electron chi connectivity index (χ4n) is 0.188. The topological polar surface area (TPSA) is 72.8 Å². The normalized spacial score (nSPS) is 10.3. The van der Waals surface area contributed by atoms with Crippen LogP contribution < -0.4 is 0 Å². The molecular weight excluding hydrogens is 159 g/mol. The van der Waals surface area contributed by atoms with Gasteiger partial charge < -0.3 is 4.74 Å². The van der Waals surface area contributed by atoms with Crippen LogP contribution in [0.25, 0.3) is 0 Å². The Morgan fingerprint density at radius 1 is 1.80 bits per heavy atom. The van der Waals surface area contributed by atoms with E-state index >= 15 is 0 Å². The molecule has 0 aromatic heterocycles. The van der Waals surface area contributed by atoms with Gasteiger partial charge in [0, 0.05) is 10.6 Å². The molecule has 5 nitrogen and oxygen atoms in total. The summed E-state index contributed by atoms with van der Waals surface area (Å²) in [7, 11) is -2.70. The van der Waals surface area contributed by atoms with Crippen molar-refractivity contribution < 1.29 is 23.5 Å². The van der Waals surface area contributed by atoms with Crippen LogP contribution in [0.4, 0.5) is 0 Å². The Morgan fingerprint density at radius 3 is 2.80 bits per heavy atom. The van der Waals surface area contributed by atoms with Crippen molar-refractivity contribution in [2.45, 2.75) is 0 Å². The van der Waals surface area contributed by atoms with Crippen molar-refractivity contribution in [2.24, 2.45) is 0 Å². The van der Waals surface area contributed by atoms with Crippen molar-refractivity contribution in [3.05, 3.63) is 12.7 Å². The van der Waals surface area contributed by atoms with Crippen molar-refractivity contribution >= 4 is 14.2 Å². The Kier molecular flexibility index (Phi) is 4.66. The Morgan fingerprint density at radius 2 is 2.40 bits per heavy atom. The Bertz CT molecular complexity index is 154. The molecule has 1 N–H and O–H groups in total. The molecule has 0 aromatic rings. The van der Waals surface area contributed by atoms with Crippen LogP contribution in [-0.2, 0) is 18.6 Å². The average Bonchev–Trinajstić information content (AvgIpc) is 1.87. The molecule has 0 heterocycles. The molecule has 0 aromatic carbocycles. The minimum Gasteiger partial charge on any atom is -0.430 e. The van der Waals surface area contributed by atoms with Gasteiger partial charge in [-0.3, -0.25) is 0 Å². The molecule has 0 aliphatic rings. The number of esters is 1. The summed E-state index contributed by atoms with van der Waals surface area (Å²) in [5.41, 5.74) is 0. The standard InChI is InChI=1S/C4H5O5P/c1-2-4(5)8-3-9-10(6)7/h2H,1,3H2/p+1. The van der Waals surface area contributed by atoms with Crippen LogP contribution in [-0.4, -0.2) is 17.7 Å². The second-order valence-corrected chi connectivity index (χ2v) is 1.89. The number of carbonyl (C=O) groups is 1. The van der Waals surface area contributed by atoms with E-state index in [1.165, 1.54) is 0 Å². The molecule has 0 saturated carbocycles. The van der Waals surface area contributed by atoms with Gasteiger partial charge in [-0.1, -0.05) is 11.1 Å². The lowest BCUT2D eigenvalue weighted by atomic mass is 10.7. The van der Waals surface area contributed by atoms with Gasteiger partial charge in [-0.25, -0.2) is 4.79 Å². The molecule has 0 fully saturated rings. The molecule has 0 aliphatic carbocycles. The van der Waals surface area contributed by atoms with Crippen molar-refractivity contribution in [3.63, 3.8) is 0 Å². The zero-order valence-corrected chi connectivity index (χ0v) is 5.91. The maximum Gasteiger partial charge on any atom is 0.698 e. The predicted molar refractivity (Wildman–Crippen MR) is 32.1 cm³/mol. The molecule has 6 heteroatoms. The van der Waals surface area contributed by atoms with Crippen molar-refractivity contribution in [2.75, 3.05) is 6.79 Å². The summed E-state index contributed by atoms with van der Waals surface area (Å²) in [4.78, 5) is 18.2. The third kappa shape index (κ3) is 5.37. The van der Waals surface area contributed by atoms with Crippen LogP contribution in [0.3, 0.4) is 0 Å². The van der Waals surface area contributed by atoms with E-state index in [9.17, 15) is 9.36 Å². The molecule has 0 bridgehead atoms. The lowest BCUT2D eigenvalue weighted by Crippen LogP contribution is -2.01. The van der Waals surface area contributed by atoms with Crippen LogP contribution in [0.1, 0.15) is 0 Å². The summed E-state index contributed by atoms with van der Waals surface area (Å²) in [6, 6.07) is 0. The number of hydrogen-bond acceptors (Lipinski definition) is 4. The molecule has 0 saturated heterocycles. The summed E-state index contributed by atoms with van der Waals surface area (Å²) < 4.78 is 17.9. The maximum atomic E-state index is 10.2. The van der Waals surface area contributed by atoms with E-state index in [0.29, 0.717) is 0 Å². The van der Waals surface area contributed by atoms with Crippen LogP contribution in [0.5, 0.6) is 0 Å². The summed E-state index contributed by atoms with van der Waals surface area (Å²) in [6.45, 7) is 2.56. The van der Waals surface area contributed by atoms with Crippen LogP contribution in [0, 0.1) is 0 Å². The van der Waals surface area contributed by atoms with Crippen molar-refractivity contribution in [1.82, 2.24) is 0 Å².